The first-order chi connectivity index (χ1) is 9.54. The Labute approximate surface area is 124 Å². The summed E-state index contributed by atoms with van der Waals surface area (Å²) in [5.74, 6) is -1.84. The molecule has 0 bridgehead atoms. The maximum atomic E-state index is 12.5. The van der Waals surface area contributed by atoms with Gasteiger partial charge in [0.05, 0.1) is 24.8 Å². The smallest absolute Gasteiger partial charge is 0.311 e. The van der Waals surface area contributed by atoms with Crippen LogP contribution in [0.5, 0.6) is 0 Å². The molecular weight excluding hydrogens is 328 g/mol. The molecule has 20 heavy (non-hydrogen) atoms. The van der Waals surface area contributed by atoms with Gasteiger partial charge in [-0.1, -0.05) is 0 Å². The first-order valence-corrected chi connectivity index (χ1v) is 7.07. The van der Waals surface area contributed by atoms with E-state index in [1.807, 2.05) is 6.92 Å². The van der Waals surface area contributed by atoms with Crippen LogP contribution in [0.3, 0.4) is 0 Å². The van der Waals surface area contributed by atoms with Gasteiger partial charge in [0.2, 0.25) is 0 Å². The Bertz CT molecular complexity index is 506. The molecular formula is C13H15BrN2O4. The van der Waals surface area contributed by atoms with Crippen molar-refractivity contribution in [1.82, 2.24) is 9.88 Å². The van der Waals surface area contributed by atoms with E-state index in [4.69, 9.17) is 4.74 Å². The van der Waals surface area contributed by atoms with Crippen LogP contribution >= 0.6 is 15.9 Å². The molecule has 0 aromatic carbocycles. The lowest BCUT2D eigenvalue weighted by Gasteiger charge is -2.29. The summed E-state index contributed by atoms with van der Waals surface area (Å²) in [6.45, 7) is 2.64. The van der Waals surface area contributed by atoms with Crippen LogP contribution in [-0.2, 0) is 9.53 Å². The van der Waals surface area contributed by atoms with Crippen molar-refractivity contribution in [2.45, 2.75) is 13.0 Å². The van der Waals surface area contributed by atoms with Gasteiger partial charge in [0.25, 0.3) is 5.91 Å². The average molecular weight is 343 g/mol. The Hall–Kier alpha value is -1.47. The molecule has 0 spiro atoms. The van der Waals surface area contributed by atoms with Crippen molar-refractivity contribution >= 4 is 27.8 Å². The summed E-state index contributed by atoms with van der Waals surface area (Å²) in [4.78, 5) is 29.2. The molecule has 1 aliphatic heterocycles. The number of aliphatic carboxylic acids is 1. The van der Waals surface area contributed by atoms with Crippen molar-refractivity contribution in [2.75, 3.05) is 19.8 Å². The van der Waals surface area contributed by atoms with Crippen LogP contribution in [0.1, 0.15) is 17.3 Å². The van der Waals surface area contributed by atoms with Crippen LogP contribution in [0.4, 0.5) is 0 Å². The van der Waals surface area contributed by atoms with Gasteiger partial charge in [-0.3, -0.25) is 9.59 Å². The highest BCUT2D eigenvalue weighted by atomic mass is 79.9. The van der Waals surface area contributed by atoms with Crippen molar-refractivity contribution in [1.29, 1.82) is 0 Å². The molecule has 1 amide bonds. The number of carboxylic acids is 1. The molecule has 0 aliphatic carbocycles. The summed E-state index contributed by atoms with van der Waals surface area (Å²) < 4.78 is 5.86. The highest BCUT2D eigenvalue weighted by molar-refractivity contribution is 9.10. The molecule has 1 aliphatic rings. The number of hydrogen-bond donors (Lipinski definition) is 1. The third-order valence-corrected chi connectivity index (χ3v) is 3.81. The number of nitrogens with zero attached hydrogens (tertiary/aromatic N) is 2. The van der Waals surface area contributed by atoms with Crippen LogP contribution in [0, 0.1) is 5.92 Å². The van der Waals surface area contributed by atoms with Crippen molar-refractivity contribution < 1.29 is 19.4 Å². The normalized spacial score (nSPS) is 21.7. The largest absolute Gasteiger partial charge is 0.481 e. The first kappa shape index (κ1) is 14.9. The average Bonchev–Trinajstić information content (AvgIpc) is 2.89. The first-order valence-electron chi connectivity index (χ1n) is 6.27. The zero-order valence-electron chi connectivity index (χ0n) is 11.0. The summed E-state index contributed by atoms with van der Waals surface area (Å²) >= 11 is 3.21. The number of ether oxygens (including phenoxy) is 1. The van der Waals surface area contributed by atoms with Gasteiger partial charge in [0, 0.05) is 12.7 Å². The molecule has 0 saturated carbocycles. The number of rotatable bonds is 4. The van der Waals surface area contributed by atoms with E-state index in [2.05, 4.69) is 20.9 Å². The number of hydrogen-bond acceptors (Lipinski definition) is 4. The van der Waals surface area contributed by atoms with Gasteiger partial charge >= 0.3 is 5.97 Å². The molecule has 0 radical (unpaired) electrons. The molecule has 2 unspecified atom stereocenters. The van der Waals surface area contributed by atoms with Crippen LogP contribution in [-0.4, -0.2) is 52.7 Å². The van der Waals surface area contributed by atoms with E-state index in [0.29, 0.717) is 16.7 Å². The standard InChI is InChI=1S/C13H15BrN2O4/c1-2-16(10-7-20-6-9(10)13(18)19)12(17)8-3-4-11(14)15-5-8/h3-5,9-10H,2,6-7H2,1H3,(H,18,19). The molecule has 2 heterocycles. The summed E-state index contributed by atoms with van der Waals surface area (Å²) in [6.07, 6.45) is 1.47. The van der Waals surface area contributed by atoms with Crippen molar-refractivity contribution in [3.05, 3.63) is 28.5 Å². The monoisotopic (exact) mass is 342 g/mol. The van der Waals surface area contributed by atoms with E-state index in [-0.39, 0.29) is 19.1 Å². The van der Waals surface area contributed by atoms with E-state index in [1.165, 1.54) is 11.1 Å². The number of likely N-dealkylation sites (N-methyl/N-ethyl adjacent to an activating group) is 1. The van der Waals surface area contributed by atoms with Gasteiger partial charge in [-0.25, -0.2) is 4.98 Å². The quantitative estimate of drug-likeness (QED) is 0.836. The minimum absolute atomic E-state index is 0.141. The SMILES string of the molecule is CCN(C(=O)c1ccc(Br)nc1)C1COCC1C(=O)O. The Balaban J connectivity index is 2.21. The third-order valence-electron chi connectivity index (χ3n) is 3.34. The van der Waals surface area contributed by atoms with E-state index >= 15 is 0 Å². The Morgan fingerprint density at radius 2 is 2.25 bits per heavy atom. The summed E-state index contributed by atoms with van der Waals surface area (Å²) in [5, 5.41) is 9.18. The molecule has 2 rings (SSSR count). The number of carbonyl (C=O) groups excluding carboxylic acids is 1. The van der Waals surface area contributed by atoms with Gasteiger partial charge in [-0.2, -0.15) is 0 Å². The second-order valence-corrected chi connectivity index (χ2v) is 5.32. The summed E-state index contributed by atoms with van der Waals surface area (Å²) in [5.41, 5.74) is 0.436. The van der Waals surface area contributed by atoms with Gasteiger partial charge in [-0.15, -0.1) is 0 Å². The molecule has 6 nitrogen and oxygen atoms in total. The third kappa shape index (κ3) is 2.99. The predicted molar refractivity (Wildman–Crippen MR) is 74.4 cm³/mol. The molecule has 1 aromatic heterocycles. The van der Waals surface area contributed by atoms with Crippen molar-refractivity contribution in [2.24, 2.45) is 5.92 Å². The second-order valence-electron chi connectivity index (χ2n) is 4.51. The molecule has 1 fully saturated rings. The highest BCUT2D eigenvalue weighted by Gasteiger charge is 2.39. The van der Waals surface area contributed by atoms with E-state index in [0.717, 1.165) is 0 Å². The topological polar surface area (TPSA) is 79.7 Å². The number of aromatic nitrogens is 1. The highest BCUT2D eigenvalue weighted by Crippen LogP contribution is 2.22. The number of pyridine rings is 1. The maximum absolute atomic E-state index is 12.5. The van der Waals surface area contributed by atoms with E-state index in [1.54, 1.807) is 12.1 Å². The van der Waals surface area contributed by atoms with Crippen molar-refractivity contribution in [3.8, 4) is 0 Å². The number of halogens is 1. The zero-order valence-corrected chi connectivity index (χ0v) is 12.5. The molecule has 1 aromatic rings. The lowest BCUT2D eigenvalue weighted by Crippen LogP contribution is -2.46. The molecule has 1 N–H and O–H groups in total. The fraction of sp³-hybridized carbons (Fsp3) is 0.462. The predicted octanol–water partition coefficient (Wildman–Crippen LogP) is 1.41. The van der Waals surface area contributed by atoms with Gasteiger partial charge in [-0.05, 0) is 35.0 Å². The van der Waals surface area contributed by atoms with Gasteiger partial charge in [0.1, 0.15) is 10.5 Å². The second kappa shape index (κ2) is 6.32. The number of carbonyl (C=O) groups is 2. The van der Waals surface area contributed by atoms with Gasteiger partial charge in [0.15, 0.2) is 0 Å². The van der Waals surface area contributed by atoms with E-state index in [9.17, 15) is 14.7 Å². The van der Waals surface area contributed by atoms with Crippen LogP contribution in [0.15, 0.2) is 22.9 Å². The van der Waals surface area contributed by atoms with E-state index < -0.39 is 17.9 Å². The molecule has 1 saturated heterocycles. The molecule has 7 heteroatoms. The number of amides is 1. The number of carboxylic acid groups (broad SMARTS) is 1. The lowest BCUT2D eigenvalue weighted by atomic mass is 10.0. The fourth-order valence-corrected chi connectivity index (χ4v) is 2.52. The van der Waals surface area contributed by atoms with Crippen LogP contribution in [0.2, 0.25) is 0 Å². The zero-order chi connectivity index (χ0) is 14.7. The summed E-state index contributed by atoms with van der Waals surface area (Å²) in [6, 6.07) is 2.91. The van der Waals surface area contributed by atoms with Crippen molar-refractivity contribution in [3.63, 3.8) is 0 Å². The van der Waals surface area contributed by atoms with Gasteiger partial charge < -0.3 is 14.7 Å². The minimum Gasteiger partial charge on any atom is -0.481 e. The van der Waals surface area contributed by atoms with Crippen LogP contribution in [0.25, 0.3) is 0 Å². The Kier molecular flexibility index (Phi) is 4.72. The Morgan fingerprint density at radius 1 is 1.50 bits per heavy atom. The maximum Gasteiger partial charge on any atom is 0.311 e. The summed E-state index contributed by atoms with van der Waals surface area (Å²) in [7, 11) is 0. The lowest BCUT2D eigenvalue weighted by molar-refractivity contribution is -0.142. The Morgan fingerprint density at radius 3 is 2.80 bits per heavy atom. The molecule has 2 atom stereocenters. The minimum atomic E-state index is -0.937. The fourth-order valence-electron chi connectivity index (χ4n) is 2.28. The molecule has 108 valence electrons. The van der Waals surface area contributed by atoms with Crippen LogP contribution < -0.4 is 0 Å².